The first-order chi connectivity index (χ1) is 20.3. The summed E-state index contributed by atoms with van der Waals surface area (Å²) in [4.78, 5) is 49.9. The van der Waals surface area contributed by atoms with Crippen LogP contribution >= 0.6 is 11.8 Å². The van der Waals surface area contributed by atoms with Crippen molar-refractivity contribution >= 4 is 41.2 Å². The number of hydrogen-bond acceptors (Lipinski definition) is 13. The Kier molecular flexibility index (Phi) is 12.4. The molecule has 1 unspecified atom stereocenters. The molecule has 43 heavy (non-hydrogen) atoms. The van der Waals surface area contributed by atoms with E-state index in [1.807, 2.05) is 41.5 Å². The number of fused-ring (bicyclic) bond motifs is 1. The number of hydrogen-bond donors (Lipinski definition) is 0. The topological polar surface area (TPSA) is 146 Å². The maximum absolute atomic E-state index is 12.8. The van der Waals surface area contributed by atoms with Crippen LogP contribution in [0, 0.1) is 24.7 Å². The van der Waals surface area contributed by atoms with Crippen molar-refractivity contribution in [3.05, 3.63) is 40.2 Å². The Morgan fingerprint density at radius 3 is 1.91 bits per heavy atom. The summed E-state index contributed by atoms with van der Waals surface area (Å²) in [6, 6.07) is 6.33. The number of thioether (sulfide) groups is 1. The molecule has 12 nitrogen and oxygen atoms in total. The van der Waals surface area contributed by atoms with Gasteiger partial charge in [-0.05, 0) is 42.4 Å². The summed E-state index contributed by atoms with van der Waals surface area (Å²) in [6.07, 6.45) is -6.78. The molecule has 1 aliphatic heterocycles. The Labute approximate surface area is 254 Å². The molecule has 1 fully saturated rings. The molecule has 238 valence electrons. The van der Waals surface area contributed by atoms with Gasteiger partial charge in [0.1, 0.15) is 11.3 Å². The molecule has 0 spiro atoms. The summed E-state index contributed by atoms with van der Waals surface area (Å²) >= 11 is 1.16. The van der Waals surface area contributed by atoms with Crippen molar-refractivity contribution in [1.29, 1.82) is 0 Å². The van der Waals surface area contributed by atoms with Gasteiger partial charge >= 0.3 is 24.1 Å². The lowest BCUT2D eigenvalue weighted by molar-refractivity contribution is -0.122. The summed E-state index contributed by atoms with van der Waals surface area (Å²) in [5.74, 6) is 0.497. The Bertz CT molecular complexity index is 1300. The SMILES string of the molecule is Cc1cc(=O)oc2cc(OC3SC[C@@H](OC(=O)OCC(C)C)[C@H](OC(=O)OCC(C)C)[C@H]3OC(=O)OCC(C)C)ccc12. The third kappa shape index (κ3) is 10.6. The molecule has 0 bridgehead atoms. The average Bonchev–Trinajstić information content (AvgIpc) is 2.92. The van der Waals surface area contributed by atoms with E-state index >= 15 is 0 Å². The van der Waals surface area contributed by atoms with Crippen LogP contribution in [0.15, 0.2) is 33.5 Å². The zero-order chi connectivity index (χ0) is 31.7. The lowest BCUT2D eigenvalue weighted by Crippen LogP contribution is -2.56. The van der Waals surface area contributed by atoms with Gasteiger partial charge in [0.2, 0.25) is 0 Å². The second-order valence-electron chi connectivity index (χ2n) is 11.4. The minimum atomic E-state index is -1.34. The van der Waals surface area contributed by atoms with Crippen LogP contribution in [0.25, 0.3) is 11.0 Å². The third-order valence-electron chi connectivity index (χ3n) is 5.87. The number of aryl methyl sites for hydroxylation is 1. The smallest absolute Gasteiger partial charge is 0.476 e. The first-order valence-corrected chi connectivity index (χ1v) is 15.2. The fraction of sp³-hybridized carbons (Fsp3) is 0.600. The molecule has 0 radical (unpaired) electrons. The quantitative estimate of drug-likeness (QED) is 0.162. The number of carbonyl (C=O) groups excluding carboxylic acids is 3. The normalized spacial score (nSPS) is 20.1. The molecule has 13 heteroatoms. The van der Waals surface area contributed by atoms with Crippen LogP contribution in [-0.4, -0.2) is 67.8 Å². The number of ether oxygens (including phenoxy) is 7. The van der Waals surface area contributed by atoms with Crippen LogP contribution in [0.3, 0.4) is 0 Å². The van der Waals surface area contributed by atoms with Crippen molar-refractivity contribution in [3.63, 3.8) is 0 Å². The van der Waals surface area contributed by atoms with Gasteiger partial charge < -0.3 is 37.6 Å². The molecule has 2 heterocycles. The van der Waals surface area contributed by atoms with E-state index < -0.39 is 47.8 Å². The van der Waals surface area contributed by atoms with Crippen molar-refractivity contribution in [2.75, 3.05) is 25.6 Å². The van der Waals surface area contributed by atoms with Gasteiger partial charge in [0.05, 0.1) is 19.8 Å². The highest BCUT2D eigenvalue weighted by atomic mass is 32.2. The molecular formula is C30H40O12S. The predicted octanol–water partition coefficient (Wildman–Crippen LogP) is 6.09. The standard InChI is InChI=1S/C30H40O12S/c1-16(2)12-35-28(32)40-23-15-43-27(38-20-8-9-21-19(7)10-24(31)39-22(21)11-20)26(42-30(34)37-14-18(5)6)25(23)41-29(33)36-13-17(3)4/h8-11,16-18,23,25-27H,12-15H2,1-7H3/t23-,25+,26-,27?/m1/s1. The molecule has 1 aromatic carbocycles. The molecule has 1 saturated heterocycles. The fourth-order valence-corrected chi connectivity index (χ4v) is 5.09. The predicted molar refractivity (Wildman–Crippen MR) is 157 cm³/mol. The summed E-state index contributed by atoms with van der Waals surface area (Å²) in [5.41, 5.74) is -0.441. The molecule has 1 aromatic heterocycles. The highest BCUT2D eigenvalue weighted by molar-refractivity contribution is 7.99. The maximum Gasteiger partial charge on any atom is 0.508 e. The summed E-state index contributed by atoms with van der Waals surface area (Å²) in [6.45, 7) is 13.2. The van der Waals surface area contributed by atoms with Gasteiger partial charge in [-0.15, -0.1) is 11.8 Å². The third-order valence-corrected chi connectivity index (χ3v) is 7.09. The van der Waals surface area contributed by atoms with Crippen molar-refractivity contribution in [1.82, 2.24) is 0 Å². The first-order valence-electron chi connectivity index (χ1n) is 14.1. The highest BCUT2D eigenvalue weighted by Crippen LogP contribution is 2.35. The van der Waals surface area contributed by atoms with E-state index in [2.05, 4.69) is 0 Å². The second kappa shape index (κ2) is 15.7. The van der Waals surface area contributed by atoms with Crippen molar-refractivity contribution in [3.8, 4) is 5.75 Å². The van der Waals surface area contributed by atoms with Gasteiger partial charge in [0.25, 0.3) is 0 Å². The Morgan fingerprint density at radius 2 is 1.35 bits per heavy atom. The number of benzene rings is 1. The largest absolute Gasteiger partial charge is 0.508 e. The Morgan fingerprint density at radius 1 is 0.814 bits per heavy atom. The van der Waals surface area contributed by atoms with Crippen molar-refractivity contribution < 1.29 is 52.0 Å². The molecule has 2 aromatic rings. The lowest BCUT2D eigenvalue weighted by atomic mass is 10.1. The van der Waals surface area contributed by atoms with Crippen LogP contribution in [0.1, 0.15) is 47.1 Å². The van der Waals surface area contributed by atoms with Gasteiger partial charge in [-0.25, -0.2) is 19.2 Å². The van der Waals surface area contributed by atoms with E-state index in [9.17, 15) is 19.2 Å². The molecule has 0 N–H and O–H groups in total. The lowest BCUT2D eigenvalue weighted by Gasteiger charge is -2.39. The Hall–Kier alpha value is -3.61. The van der Waals surface area contributed by atoms with Gasteiger partial charge in [0, 0.05) is 23.3 Å². The number of carbonyl (C=O) groups is 3. The minimum absolute atomic E-state index is 0.0262. The van der Waals surface area contributed by atoms with E-state index in [1.165, 1.54) is 12.1 Å². The molecule has 3 rings (SSSR count). The van der Waals surface area contributed by atoms with Crippen LogP contribution in [0.2, 0.25) is 0 Å². The molecule has 4 atom stereocenters. The first kappa shape index (κ1) is 33.9. The van der Waals surface area contributed by atoms with Crippen LogP contribution in [0.4, 0.5) is 14.4 Å². The zero-order valence-corrected chi connectivity index (χ0v) is 26.3. The van der Waals surface area contributed by atoms with Crippen LogP contribution in [-0.2, 0) is 28.4 Å². The van der Waals surface area contributed by atoms with Crippen molar-refractivity contribution in [2.24, 2.45) is 17.8 Å². The van der Waals surface area contributed by atoms with E-state index in [0.717, 1.165) is 22.7 Å². The van der Waals surface area contributed by atoms with Gasteiger partial charge in [-0.1, -0.05) is 41.5 Å². The molecule has 1 aliphatic rings. The van der Waals surface area contributed by atoms with Crippen LogP contribution in [0.5, 0.6) is 5.75 Å². The summed E-state index contributed by atoms with van der Waals surface area (Å²) < 4.78 is 43.9. The summed E-state index contributed by atoms with van der Waals surface area (Å²) in [7, 11) is 0. The zero-order valence-electron chi connectivity index (χ0n) is 25.5. The van der Waals surface area contributed by atoms with E-state index in [0.29, 0.717) is 11.3 Å². The maximum atomic E-state index is 12.8. The van der Waals surface area contributed by atoms with E-state index in [1.54, 1.807) is 19.1 Å². The average molecular weight is 625 g/mol. The van der Waals surface area contributed by atoms with E-state index in [4.69, 9.17) is 37.6 Å². The second-order valence-corrected chi connectivity index (χ2v) is 12.5. The van der Waals surface area contributed by atoms with Gasteiger partial charge in [0.15, 0.2) is 23.7 Å². The number of rotatable bonds is 11. The van der Waals surface area contributed by atoms with Crippen molar-refractivity contribution in [2.45, 2.75) is 72.2 Å². The van der Waals surface area contributed by atoms with Crippen LogP contribution < -0.4 is 10.4 Å². The molecule has 0 saturated carbocycles. The molecule has 0 aliphatic carbocycles. The summed E-state index contributed by atoms with van der Waals surface area (Å²) in [5, 5.41) is 0.718. The molecular weight excluding hydrogens is 584 g/mol. The fourth-order valence-electron chi connectivity index (χ4n) is 3.88. The van der Waals surface area contributed by atoms with E-state index in [-0.39, 0.29) is 43.3 Å². The Balaban J connectivity index is 1.92. The molecule has 0 amide bonds. The minimum Gasteiger partial charge on any atom is -0.476 e. The van der Waals surface area contributed by atoms with Gasteiger partial charge in [-0.2, -0.15) is 0 Å². The van der Waals surface area contributed by atoms with Gasteiger partial charge in [-0.3, -0.25) is 0 Å². The highest BCUT2D eigenvalue weighted by Gasteiger charge is 2.49. The monoisotopic (exact) mass is 624 g/mol.